The van der Waals surface area contributed by atoms with E-state index in [9.17, 15) is 16.8 Å². The number of benzene rings is 4. The van der Waals surface area contributed by atoms with Gasteiger partial charge in [-0.3, -0.25) is 0 Å². The minimum Gasteiger partial charge on any atom is -0.497 e. The number of nitrogens with zero attached hydrogens (tertiary/aromatic N) is 1. The molecule has 0 atom stereocenters. The number of hydrogen-bond acceptors (Lipinski definition) is 6. The number of rotatable bonds is 9. The van der Waals surface area contributed by atoms with E-state index in [1.807, 2.05) is 61.5 Å². The lowest BCUT2D eigenvalue weighted by Gasteiger charge is -2.24. The molecule has 0 heterocycles. The Hall–Kier alpha value is -3.41. The predicted molar refractivity (Wildman–Crippen MR) is 157 cm³/mol. The van der Waals surface area contributed by atoms with Crippen molar-refractivity contribution in [3.8, 4) is 5.75 Å². The minimum atomic E-state index is -3.73. The lowest BCUT2D eigenvalue weighted by molar-refractivity contribution is 0.400. The second kappa shape index (κ2) is 13.6. The van der Waals surface area contributed by atoms with Gasteiger partial charge in [-0.25, -0.2) is 22.0 Å². The zero-order valence-corrected chi connectivity index (χ0v) is 24.0. The number of ether oxygens (including phenoxy) is 1. The molecule has 4 rings (SSSR count). The highest BCUT2D eigenvalue weighted by Crippen LogP contribution is 2.24. The van der Waals surface area contributed by atoms with Crippen LogP contribution in [0.25, 0.3) is 0 Å². The molecule has 0 saturated heterocycles. The van der Waals surface area contributed by atoms with Crippen molar-refractivity contribution in [3.63, 3.8) is 0 Å². The van der Waals surface area contributed by atoms with Crippen molar-refractivity contribution in [2.24, 2.45) is 5.14 Å². The highest BCUT2D eigenvalue weighted by atomic mass is 32.2. The Bertz CT molecular complexity index is 1590. The fraction of sp³-hybridized carbons (Fsp3) is 0.138. The van der Waals surface area contributed by atoms with Gasteiger partial charge < -0.3 is 4.74 Å². The van der Waals surface area contributed by atoms with Crippen LogP contribution in [0.5, 0.6) is 5.75 Å². The van der Waals surface area contributed by atoms with Crippen molar-refractivity contribution >= 4 is 37.1 Å². The van der Waals surface area contributed by atoms with Crippen molar-refractivity contribution in [3.05, 3.63) is 126 Å². The van der Waals surface area contributed by atoms with Gasteiger partial charge in [-0.1, -0.05) is 85.0 Å². The summed E-state index contributed by atoms with van der Waals surface area (Å²) < 4.78 is 54.8. The number of hydrogen-bond donors (Lipinski definition) is 1. The van der Waals surface area contributed by atoms with Crippen LogP contribution in [-0.4, -0.2) is 33.1 Å². The number of nitrogens with two attached hydrogens (primary N) is 1. The first-order valence-corrected chi connectivity index (χ1v) is 15.3. The number of methoxy groups -OCH3 is 1. The molecule has 0 bridgehead atoms. The van der Waals surface area contributed by atoms with Gasteiger partial charge in [-0.15, -0.1) is 0 Å². The molecule has 2 N–H and O–H groups in total. The molecule has 4 aromatic carbocycles. The monoisotopic (exact) mass is 582 g/mol. The minimum absolute atomic E-state index is 0.148. The highest BCUT2D eigenvalue weighted by Gasteiger charge is 2.26. The summed E-state index contributed by atoms with van der Waals surface area (Å²) in [5.74, 6) is 0.611. The third kappa shape index (κ3) is 8.54. The van der Waals surface area contributed by atoms with E-state index in [-0.39, 0.29) is 22.9 Å². The van der Waals surface area contributed by atoms with Crippen LogP contribution in [-0.2, 0) is 33.1 Å². The Kier molecular flexibility index (Phi) is 10.5. The molecule has 0 aliphatic rings. The standard InChI is InChI=1S/C23H23NO3S2.C6H7NO2S/c1-18(28)23-11-7-6-10-20(23)17-24(16-19-8-4-3-5-9-19)29(25,26)22-14-12-21(27-2)13-15-22;7-10(8,9)6-4-2-1-3-5-6/h3-15H,16-17H2,1-2H3;1-5H,(H2,7,8,9). The summed E-state index contributed by atoms with van der Waals surface area (Å²) in [7, 11) is -5.68. The topological polar surface area (TPSA) is 107 Å². The molecule has 4 aromatic rings. The predicted octanol–water partition coefficient (Wildman–Crippen LogP) is 5.16. The van der Waals surface area contributed by atoms with E-state index in [1.165, 1.54) is 16.4 Å². The molecule has 0 unspecified atom stereocenters. The second-order valence-corrected chi connectivity index (χ2v) is 12.6. The molecule has 204 valence electrons. The van der Waals surface area contributed by atoms with Gasteiger partial charge in [0.15, 0.2) is 0 Å². The number of primary sulfonamides is 1. The van der Waals surface area contributed by atoms with Gasteiger partial charge in [0.1, 0.15) is 5.75 Å². The van der Waals surface area contributed by atoms with Gasteiger partial charge in [0, 0.05) is 18.0 Å². The van der Waals surface area contributed by atoms with Crippen LogP contribution in [0.2, 0.25) is 0 Å². The average molecular weight is 583 g/mol. The van der Waals surface area contributed by atoms with Crippen molar-refractivity contribution in [1.82, 2.24) is 4.31 Å². The van der Waals surface area contributed by atoms with Crippen LogP contribution >= 0.6 is 12.2 Å². The first-order valence-electron chi connectivity index (χ1n) is 11.9. The summed E-state index contributed by atoms with van der Waals surface area (Å²) >= 11 is 5.36. The molecule has 0 spiro atoms. The summed E-state index contributed by atoms with van der Waals surface area (Å²) in [6.07, 6.45) is 0. The Morgan fingerprint density at radius 1 is 0.744 bits per heavy atom. The molecular formula is C29H30N2O5S3. The zero-order valence-electron chi connectivity index (χ0n) is 21.6. The van der Waals surface area contributed by atoms with E-state index in [4.69, 9.17) is 22.1 Å². The molecule has 39 heavy (non-hydrogen) atoms. The molecular weight excluding hydrogens is 553 g/mol. The van der Waals surface area contributed by atoms with Gasteiger partial charge in [0.25, 0.3) is 0 Å². The first kappa shape index (κ1) is 30.1. The lowest BCUT2D eigenvalue weighted by Crippen LogP contribution is -2.30. The molecule has 0 aromatic heterocycles. The highest BCUT2D eigenvalue weighted by molar-refractivity contribution is 7.89. The molecule has 0 aliphatic heterocycles. The van der Waals surface area contributed by atoms with Crippen LogP contribution in [0, 0.1) is 0 Å². The average Bonchev–Trinajstić information content (AvgIpc) is 2.94. The van der Waals surface area contributed by atoms with E-state index < -0.39 is 20.0 Å². The maximum atomic E-state index is 13.5. The molecule has 0 saturated carbocycles. The van der Waals surface area contributed by atoms with Crippen molar-refractivity contribution in [2.75, 3.05) is 7.11 Å². The van der Waals surface area contributed by atoms with E-state index >= 15 is 0 Å². The quantitative estimate of drug-likeness (QED) is 0.216. The van der Waals surface area contributed by atoms with Gasteiger partial charge >= 0.3 is 0 Å². The van der Waals surface area contributed by atoms with E-state index in [2.05, 4.69) is 0 Å². The molecule has 0 fully saturated rings. The zero-order chi connectivity index (χ0) is 28.5. The van der Waals surface area contributed by atoms with Gasteiger partial charge in [-0.05, 0) is 60.0 Å². The maximum Gasteiger partial charge on any atom is 0.243 e. The van der Waals surface area contributed by atoms with Gasteiger partial charge in [-0.2, -0.15) is 4.31 Å². The largest absolute Gasteiger partial charge is 0.497 e. The van der Waals surface area contributed by atoms with E-state index in [0.29, 0.717) is 5.75 Å². The summed E-state index contributed by atoms with van der Waals surface area (Å²) in [4.78, 5) is 1.11. The summed E-state index contributed by atoms with van der Waals surface area (Å²) in [6, 6.07) is 31.6. The molecule has 7 nitrogen and oxygen atoms in total. The van der Waals surface area contributed by atoms with Gasteiger partial charge in [0.2, 0.25) is 20.0 Å². The van der Waals surface area contributed by atoms with Crippen LogP contribution in [0.4, 0.5) is 0 Å². The number of thiocarbonyl (C=S) groups is 1. The van der Waals surface area contributed by atoms with E-state index in [0.717, 1.165) is 21.6 Å². The van der Waals surface area contributed by atoms with E-state index in [1.54, 1.807) is 49.6 Å². The Balaban J connectivity index is 0.000000353. The summed E-state index contributed by atoms with van der Waals surface area (Å²) in [6.45, 7) is 2.35. The number of sulfonamides is 2. The SMILES string of the molecule is COc1ccc(S(=O)(=O)N(Cc2ccccc2)Cc2ccccc2C(C)=S)cc1.NS(=O)(=O)c1ccccc1. The normalized spacial score (nSPS) is 11.4. The maximum absolute atomic E-state index is 13.5. The van der Waals surface area contributed by atoms with Crippen LogP contribution < -0.4 is 9.88 Å². The molecule has 10 heteroatoms. The van der Waals surface area contributed by atoms with Crippen molar-refractivity contribution < 1.29 is 21.6 Å². The van der Waals surface area contributed by atoms with Gasteiger partial charge in [0.05, 0.1) is 16.9 Å². The van der Waals surface area contributed by atoms with Crippen molar-refractivity contribution in [2.45, 2.75) is 29.8 Å². The van der Waals surface area contributed by atoms with Crippen LogP contribution in [0.15, 0.2) is 119 Å². The molecule has 0 aliphatic carbocycles. The Labute approximate surface area is 236 Å². The smallest absolute Gasteiger partial charge is 0.243 e. The molecule has 0 amide bonds. The Morgan fingerprint density at radius 3 is 1.79 bits per heavy atom. The lowest BCUT2D eigenvalue weighted by atomic mass is 10.1. The fourth-order valence-corrected chi connectivity index (χ4v) is 5.85. The first-order chi connectivity index (χ1) is 18.5. The van der Waals surface area contributed by atoms with Crippen LogP contribution in [0.1, 0.15) is 23.6 Å². The summed E-state index contributed by atoms with van der Waals surface area (Å²) in [5, 5.41) is 4.83. The third-order valence-corrected chi connectivity index (χ3v) is 8.67. The van der Waals surface area contributed by atoms with Crippen molar-refractivity contribution in [1.29, 1.82) is 0 Å². The molecule has 0 radical (unpaired) electrons. The Morgan fingerprint density at radius 2 is 1.28 bits per heavy atom. The third-order valence-electron chi connectivity index (χ3n) is 5.71. The summed E-state index contributed by atoms with van der Waals surface area (Å²) in [5.41, 5.74) is 2.69. The fourth-order valence-electron chi connectivity index (χ4n) is 3.71. The van der Waals surface area contributed by atoms with Crippen LogP contribution in [0.3, 0.4) is 0 Å². The second-order valence-electron chi connectivity index (χ2n) is 8.51.